The van der Waals surface area contributed by atoms with E-state index < -0.39 is 36.1 Å². The maximum absolute atomic E-state index is 11.7. The molecule has 0 saturated heterocycles. The molecule has 0 radical (unpaired) electrons. The van der Waals surface area contributed by atoms with Crippen molar-refractivity contribution in [1.29, 1.82) is 0 Å². The van der Waals surface area contributed by atoms with Crippen molar-refractivity contribution >= 4 is 0 Å². The van der Waals surface area contributed by atoms with Crippen LogP contribution < -0.4 is 0 Å². The molecular weight excluding hydrogens is 281 g/mol. The molecule has 0 unspecified atom stereocenters. The minimum atomic E-state index is -6.58. The first-order valence-electron chi connectivity index (χ1n) is 3.43. The first kappa shape index (κ1) is 16.0. The molecule has 0 heterocycles. The van der Waals surface area contributed by atoms with Crippen molar-refractivity contribution < 1.29 is 48.3 Å². The smallest absolute Gasteiger partial charge is 0.205 e. The molecule has 102 valence electrons. The summed E-state index contributed by atoms with van der Waals surface area (Å²) in [7, 11) is 0. The second kappa shape index (κ2) is 4.33. The van der Waals surface area contributed by atoms with Crippen LogP contribution in [-0.4, -0.2) is 25.0 Å². The average molecular weight is 282 g/mol. The summed E-state index contributed by atoms with van der Waals surface area (Å²) in [5.74, 6) is 0. The van der Waals surface area contributed by atoms with E-state index in [2.05, 4.69) is 0 Å². The number of halogens is 11. The third-order valence-corrected chi connectivity index (χ3v) is 1.36. The van der Waals surface area contributed by atoms with Gasteiger partial charge in [-0.25, -0.2) is 8.78 Å². The van der Waals surface area contributed by atoms with Crippen molar-refractivity contribution in [2.24, 2.45) is 0 Å². The van der Waals surface area contributed by atoms with Crippen molar-refractivity contribution in [2.75, 3.05) is 0 Å². The van der Waals surface area contributed by atoms with Gasteiger partial charge in [-0.2, -0.15) is 39.5 Å². The standard InChI is InChI=1S/C6HF11/c7-3(8)1(4(9,10)11)2(5(12,13)14)6(15,16)17/h3H. The van der Waals surface area contributed by atoms with Crippen LogP contribution in [0.1, 0.15) is 0 Å². The van der Waals surface area contributed by atoms with Crippen molar-refractivity contribution in [3.63, 3.8) is 0 Å². The van der Waals surface area contributed by atoms with Crippen molar-refractivity contribution in [3.8, 4) is 0 Å². The average Bonchev–Trinajstić information content (AvgIpc) is 1.91. The van der Waals surface area contributed by atoms with Gasteiger partial charge >= 0.3 is 18.5 Å². The fraction of sp³-hybridized carbons (Fsp3) is 0.667. The molecule has 0 aromatic rings. The molecule has 0 aromatic heterocycles. The van der Waals surface area contributed by atoms with Crippen LogP contribution in [0.2, 0.25) is 0 Å². The van der Waals surface area contributed by atoms with Gasteiger partial charge in [-0.1, -0.05) is 0 Å². The Morgan fingerprint density at radius 3 is 0.941 bits per heavy atom. The van der Waals surface area contributed by atoms with Gasteiger partial charge in [0.05, 0.1) is 0 Å². The van der Waals surface area contributed by atoms with E-state index >= 15 is 0 Å². The Kier molecular flexibility index (Phi) is 4.07. The molecule has 0 rings (SSSR count). The molecule has 0 saturated carbocycles. The summed E-state index contributed by atoms with van der Waals surface area (Å²) in [6, 6.07) is 0. The lowest BCUT2D eigenvalue weighted by Gasteiger charge is -2.21. The predicted octanol–water partition coefficient (Wildman–Crippen LogP) is 4.24. The van der Waals surface area contributed by atoms with E-state index in [1.807, 2.05) is 0 Å². The second-order valence-electron chi connectivity index (χ2n) is 2.58. The number of allylic oxidation sites excluding steroid dienone is 2. The van der Waals surface area contributed by atoms with E-state index in [1.165, 1.54) is 0 Å². The molecule has 0 amide bonds. The highest BCUT2D eigenvalue weighted by Crippen LogP contribution is 2.46. The number of rotatable bonds is 1. The fourth-order valence-electron chi connectivity index (χ4n) is 0.841. The topological polar surface area (TPSA) is 0 Å². The van der Waals surface area contributed by atoms with Crippen molar-refractivity contribution in [3.05, 3.63) is 11.1 Å². The van der Waals surface area contributed by atoms with Crippen LogP contribution in [0.3, 0.4) is 0 Å². The Balaban J connectivity index is 6.16. The number of hydrogen-bond acceptors (Lipinski definition) is 0. The molecule has 0 aromatic carbocycles. The molecule has 0 atom stereocenters. The zero-order valence-electron chi connectivity index (χ0n) is 7.23. The number of hydrogen-bond donors (Lipinski definition) is 0. The summed E-state index contributed by atoms with van der Waals surface area (Å²) >= 11 is 0. The van der Waals surface area contributed by atoms with Gasteiger partial charge in [0.2, 0.25) is 0 Å². The lowest BCUT2D eigenvalue weighted by molar-refractivity contribution is -0.186. The fourth-order valence-corrected chi connectivity index (χ4v) is 0.841. The van der Waals surface area contributed by atoms with Gasteiger partial charge in [0.1, 0.15) is 5.57 Å². The zero-order chi connectivity index (χ0) is 14.2. The lowest BCUT2D eigenvalue weighted by atomic mass is 10.1. The third kappa shape index (κ3) is 4.04. The van der Waals surface area contributed by atoms with Crippen LogP contribution >= 0.6 is 0 Å². The largest absolute Gasteiger partial charge is 0.421 e. The SMILES string of the molecule is FC(F)C(=C(C(F)(F)F)C(F)(F)F)C(F)(F)F. The van der Waals surface area contributed by atoms with Gasteiger partial charge in [0.25, 0.3) is 6.43 Å². The van der Waals surface area contributed by atoms with Crippen LogP contribution in [0, 0.1) is 0 Å². The molecule has 17 heavy (non-hydrogen) atoms. The summed E-state index contributed by atoms with van der Waals surface area (Å²) in [5.41, 5.74) is -8.19. The van der Waals surface area contributed by atoms with Gasteiger partial charge in [0, 0.05) is 0 Å². The predicted molar refractivity (Wildman–Crippen MR) is 31.2 cm³/mol. The Morgan fingerprint density at radius 1 is 0.588 bits per heavy atom. The van der Waals surface area contributed by atoms with E-state index in [0.717, 1.165) is 0 Å². The first-order valence-corrected chi connectivity index (χ1v) is 3.43. The van der Waals surface area contributed by atoms with Crippen LogP contribution in [0.15, 0.2) is 11.1 Å². The molecule has 0 nitrogen and oxygen atoms in total. The summed E-state index contributed by atoms with van der Waals surface area (Å²) in [6.07, 6.45) is -24.6. The Labute approximate surface area is 85.7 Å². The highest BCUT2D eigenvalue weighted by molar-refractivity contribution is 5.29. The summed E-state index contributed by atoms with van der Waals surface area (Å²) < 4.78 is 129. The van der Waals surface area contributed by atoms with Crippen molar-refractivity contribution in [2.45, 2.75) is 25.0 Å². The molecule has 0 fully saturated rings. The molecule has 0 spiro atoms. The summed E-state index contributed by atoms with van der Waals surface area (Å²) in [4.78, 5) is 0. The molecular formula is C6HF11. The minimum absolute atomic E-state index is 3.95. The van der Waals surface area contributed by atoms with Crippen molar-refractivity contribution in [1.82, 2.24) is 0 Å². The summed E-state index contributed by atoms with van der Waals surface area (Å²) in [6.45, 7) is 0. The maximum Gasteiger partial charge on any atom is 0.421 e. The van der Waals surface area contributed by atoms with E-state index in [9.17, 15) is 48.3 Å². The van der Waals surface area contributed by atoms with Gasteiger partial charge in [0.15, 0.2) is 5.57 Å². The molecule has 0 bridgehead atoms. The van der Waals surface area contributed by atoms with Crippen LogP contribution in [0.4, 0.5) is 48.3 Å². The Hall–Kier alpha value is -1.03. The monoisotopic (exact) mass is 282 g/mol. The summed E-state index contributed by atoms with van der Waals surface area (Å²) in [5, 5.41) is 0. The molecule has 0 aliphatic carbocycles. The number of alkyl halides is 11. The van der Waals surface area contributed by atoms with E-state index in [4.69, 9.17) is 0 Å². The van der Waals surface area contributed by atoms with Crippen LogP contribution in [0.5, 0.6) is 0 Å². The normalized spacial score (nSPS) is 14.1. The minimum Gasteiger partial charge on any atom is -0.205 e. The van der Waals surface area contributed by atoms with Crippen LogP contribution in [-0.2, 0) is 0 Å². The van der Waals surface area contributed by atoms with E-state index in [1.54, 1.807) is 0 Å². The Bertz CT molecular complexity index is 281. The Morgan fingerprint density at radius 2 is 0.882 bits per heavy atom. The highest BCUT2D eigenvalue weighted by Gasteiger charge is 2.59. The molecule has 0 aliphatic rings. The van der Waals surface area contributed by atoms with E-state index in [-0.39, 0.29) is 0 Å². The molecule has 0 N–H and O–H groups in total. The van der Waals surface area contributed by atoms with E-state index in [0.29, 0.717) is 0 Å². The van der Waals surface area contributed by atoms with Gasteiger partial charge in [-0.3, -0.25) is 0 Å². The molecule has 0 aliphatic heterocycles. The highest BCUT2D eigenvalue weighted by atomic mass is 19.4. The lowest BCUT2D eigenvalue weighted by Crippen LogP contribution is -2.34. The van der Waals surface area contributed by atoms with Gasteiger partial charge in [-0.05, 0) is 0 Å². The zero-order valence-corrected chi connectivity index (χ0v) is 7.23. The third-order valence-electron chi connectivity index (χ3n) is 1.36. The first-order chi connectivity index (χ1) is 7.19. The maximum atomic E-state index is 11.7. The van der Waals surface area contributed by atoms with Gasteiger partial charge in [-0.15, -0.1) is 0 Å². The quantitative estimate of drug-likeness (QED) is 0.498. The second-order valence-corrected chi connectivity index (χ2v) is 2.58. The van der Waals surface area contributed by atoms with Crippen LogP contribution in [0.25, 0.3) is 0 Å². The van der Waals surface area contributed by atoms with Gasteiger partial charge < -0.3 is 0 Å². The molecule has 11 heteroatoms.